The van der Waals surface area contributed by atoms with Gasteiger partial charge in [0, 0.05) is 11.5 Å². The Morgan fingerprint density at radius 3 is 2.26 bits per heavy atom. The second kappa shape index (κ2) is 18.4. The van der Waals surface area contributed by atoms with Crippen molar-refractivity contribution in [1.82, 2.24) is 0 Å². The van der Waals surface area contributed by atoms with Crippen LogP contribution in [-0.4, -0.2) is 62.2 Å². The van der Waals surface area contributed by atoms with Gasteiger partial charge in [0.2, 0.25) is 0 Å². The van der Waals surface area contributed by atoms with Gasteiger partial charge in [-0.3, -0.25) is 18.4 Å². The van der Waals surface area contributed by atoms with E-state index in [1.165, 1.54) is 21.6 Å². The highest BCUT2D eigenvalue weighted by molar-refractivity contribution is 8.76. The minimum Gasteiger partial charge on any atom is -0.494 e. The summed E-state index contributed by atoms with van der Waals surface area (Å²) in [4.78, 5) is 26.8. The highest BCUT2D eigenvalue weighted by atomic mass is 33.1. The Hall–Kier alpha value is -2.02. The van der Waals surface area contributed by atoms with Gasteiger partial charge in [0.05, 0.1) is 32.3 Å². The molecule has 14 heteroatoms. The van der Waals surface area contributed by atoms with Crippen LogP contribution in [0.4, 0.5) is 0 Å². The maximum Gasteiger partial charge on any atom is 0.474 e. The highest BCUT2D eigenvalue weighted by Crippen LogP contribution is 2.49. The SMILES string of the molecule is CCOP(=O)(OCC)OCCCCOc1ccc2cc(C(C)C(=O)OCCSSCCO[N+](=O)[O-])ccc2c1. The van der Waals surface area contributed by atoms with E-state index >= 15 is 0 Å². The van der Waals surface area contributed by atoms with Crippen molar-refractivity contribution >= 4 is 46.2 Å². The van der Waals surface area contributed by atoms with Crippen LogP contribution in [0.2, 0.25) is 0 Å². The van der Waals surface area contributed by atoms with E-state index in [-0.39, 0.29) is 39.0 Å². The molecule has 2 aromatic carbocycles. The van der Waals surface area contributed by atoms with Crippen LogP contribution in [0, 0.1) is 10.1 Å². The average molecular weight is 606 g/mol. The predicted octanol–water partition coefficient (Wildman–Crippen LogP) is 6.43. The number of nitrogens with zero attached hydrogens (tertiary/aromatic N) is 1. The fourth-order valence-electron chi connectivity index (χ4n) is 3.30. The molecule has 2 rings (SSSR count). The molecule has 218 valence electrons. The number of esters is 1. The van der Waals surface area contributed by atoms with Crippen molar-refractivity contribution in [3.63, 3.8) is 0 Å². The highest BCUT2D eigenvalue weighted by Gasteiger charge is 2.24. The van der Waals surface area contributed by atoms with Crippen LogP contribution in [0.5, 0.6) is 5.75 Å². The second-order valence-electron chi connectivity index (χ2n) is 8.03. The van der Waals surface area contributed by atoms with Gasteiger partial charge in [-0.2, -0.15) is 0 Å². The summed E-state index contributed by atoms with van der Waals surface area (Å²) < 4.78 is 39.0. The number of hydrogen-bond acceptors (Lipinski definition) is 12. The monoisotopic (exact) mass is 605 g/mol. The summed E-state index contributed by atoms with van der Waals surface area (Å²) >= 11 is 0. The number of fused-ring (bicyclic) bond motifs is 1. The quantitative estimate of drug-likeness (QED) is 0.0387. The zero-order valence-electron chi connectivity index (χ0n) is 22.4. The molecule has 0 saturated heterocycles. The number of benzene rings is 2. The largest absolute Gasteiger partial charge is 0.494 e. The average Bonchev–Trinajstić information content (AvgIpc) is 2.91. The van der Waals surface area contributed by atoms with E-state index in [9.17, 15) is 19.5 Å². The van der Waals surface area contributed by atoms with E-state index < -0.39 is 18.8 Å². The molecule has 39 heavy (non-hydrogen) atoms. The van der Waals surface area contributed by atoms with Crippen LogP contribution in [0.1, 0.15) is 45.1 Å². The first-order valence-corrected chi connectivity index (χ1v) is 16.6. The molecule has 2 aromatic rings. The van der Waals surface area contributed by atoms with Crippen LogP contribution >= 0.6 is 29.4 Å². The zero-order chi connectivity index (χ0) is 28.5. The molecule has 0 radical (unpaired) electrons. The smallest absolute Gasteiger partial charge is 0.474 e. The van der Waals surface area contributed by atoms with E-state index in [2.05, 4.69) is 4.84 Å². The van der Waals surface area contributed by atoms with Crippen molar-refractivity contribution in [2.45, 2.75) is 39.5 Å². The van der Waals surface area contributed by atoms with Crippen molar-refractivity contribution in [1.29, 1.82) is 0 Å². The topological polar surface area (TPSA) is 133 Å². The first-order chi connectivity index (χ1) is 18.8. The molecule has 0 aromatic heterocycles. The maximum atomic E-state index is 12.5. The van der Waals surface area contributed by atoms with Gasteiger partial charge in [0.25, 0.3) is 5.09 Å². The van der Waals surface area contributed by atoms with Crippen LogP contribution in [0.15, 0.2) is 36.4 Å². The summed E-state index contributed by atoms with van der Waals surface area (Å²) in [7, 11) is -0.583. The fourth-order valence-corrected chi connectivity index (χ4v) is 6.15. The Morgan fingerprint density at radius 1 is 0.923 bits per heavy atom. The first kappa shape index (κ1) is 33.2. The third-order valence-corrected chi connectivity index (χ3v) is 9.16. The molecule has 0 heterocycles. The van der Waals surface area contributed by atoms with Gasteiger partial charge in [0.1, 0.15) is 19.0 Å². The molecule has 0 aliphatic carbocycles. The van der Waals surface area contributed by atoms with Gasteiger partial charge in [0.15, 0.2) is 0 Å². The number of hydrogen-bond donors (Lipinski definition) is 0. The Balaban J connectivity index is 1.73. The number of rotatable bonds is 21. The summed E-state index contributed by atoms with van der Waals surface area (Å²) in [6, 6.07) is 11.6. The Labute approximate surface area is 236 Å². The van der Waals surface area contributed by atoms with Crippen LogP contribution in [0.25, 0.3) is 10.8 Å². The van der Waals surface area contributed by atoms with Gasteiger partial charge in [-0.25, -0.2) is 4.57 Å². The van der Waals surface area contributed by atoms with Crippen molar-refractivity contribution in [2.75, 3.05) is 51.1 Å². The number of ether oxygens (including phenoxy) is 2. The van der Waals surface area contributed by atoms with Gasteiger partial charge < -0.3 is 14.3 Å². The van der Waals surface area contributed by atoms with E-state index in [1.54, 1.807) is 13.8 Å². The zero-order valence-corrected chi connectivity index (χ0v) is 24.9. The van der Waals surface area contributed by atoms with Gasteiger partial charge >= 0.3 is 13.8 Å². The Kier molecular flexibility index (Phi) is 15.6. The number of unbranched alkanes of at least 4 members (excludes halogenated alkanes) is 1. The van der Waals surface area contributed by atoms with Crippen molar-refractivity contribution in [2.24, 2.45) is 0 Å². The molecule has 0 N–H and O–H groups in total. The van der Waals surface area contributed by atoms with Gasteiger partial charge in [-0.1, -0.05) is 45.9 Å². The molecule has 11 nitrogen and oxygen atoms in total. The van der Waals surface area contributed by atoms with Crippen molar-refractivity contribution in [3.8, 4) is 5.75 Å². The molecule has 0 aliphatic rings. The lowest BCUT2D eigenvalue weighted by molar-refractivity contribution is -0.756. The van der Waals surface area contributed by atoms with E-state index in [4.69, 9.17) is 23.0 Å². The normalized spacial score (nSPS) is 12.3. The maximum absolute atomic E-state index is 12.5. The van der Waals surface area contributed by atoms with Crippen molar-refractivity contribution in [3.05, 3.63) is 52.1 Å². The molecule has 0 spiro atoms. The number of carbonyl (C=O) groups is 1. The van der Waals surface area contributed by atoms with Crippen LogP contribution < -0.4 is 4.74 Å². The Morgan fingerprint density at radius 2 is 1.56 bits per heavy atom. The third-order valence-electron chi connectivity index (χ3n) is 5.18. The molecule has 0 bridgehead atoms. The first-order valence-electron chi connectivity index (χ1n) is 12.7. The fraction of sp³-hybridized carbons (Fsp3) is 0.560. The minimum absolute atomic E-state index is 0.0300. The summed E-state index contributed by atoms with van der Waals surface area (Å²) in [5, 5.41) is 11.2. The molecule has 0 fully saturated rings. The summed E-state index contributed by atoms with van der Waals surface area (Å²) in [6.07, 6.45) is 1.35. The minimum atomic E-state index is -3.48. The van der Waals surface area contributed by atoms with E-state index in [0.29, 0.717) is 31.0 Å². The molecule has 0 saturated carbocycles. The predicted molar refractivity (Wildman–Crippen MR) is 153 cm³/mol. The molecular formula is C25H36NO10PS2. The van der Waals surface area contributed by atoms with Crippen LogP contribution in [-0.2, 0) is 32.5 Å². The lowest BCUT2D eigenvalue weighted by Crippen LogP contribution is -2.14. The number of phosphoric acid groups is 1. The lowest BCUT2D eigenvalue weighted by Gasteiger charge is -2.16. The number of phosphoric ester groups is 1. The molecule has 0 aliphatic heterocycles. The molecule has 1 unspecified atom stereocenters. The lowest BCUT2D eigenvalue weighted by atomic mass is 9.98. The second-order valence-corrected chi connectivity index (χ2v) is 12.4. The summed E-state index contributed by atoms with van der Waals surface area (Å²) in [5.41, 5.74) is 0.858. The van der Waals surface area contributed by atoms with E-state index in [1.807, 2.05) is 43.3 Å². The molecular weight excluding hydrogens is 569 g/mol. The number of carbonyl (C=O) groups excluding carboxylic acids is 1. The van der Waals surface area contributed by atoms with Crippen LogP contribution in [0.3, 0.4) is 0 Å². The van der Waals surface area contributed by atoms with Gasteiger partial charge in [-0.05, 0) is 62.1 Å². The third kappa shape index (κ3) is 12.8. The standard InChI is InChI=1S/C25H36NO10PS2/c1-4-34-37(30,35-5-2)36-13-7-6-12-31-24-11-10-22-18-21(8-9-23(22)19-24)20(3)25(27)32-14-16-38-39-17-15-33-26(28)29/h8-11,18-20H,4-7,12-17H2,1-3H3. The van der Waals surface area contributed by atoms with Gasteiger partial charge in [-0.15, -0.1) is 10.1 Å². The summed E-state index contributed by atoms with van der Waals surface area (Å²) in [6.45, 7) is 6.79. The van der Waals surface area contributed by atoms with E-state index in [0.717, 1.165) is 22.1 Å². The van der Waals surface area contributed by atoms with Crippen molar-refractivity contribution < 1.29 is 42.3 Å². The molecule has 1 atom stereocenters. The summed E-state index contributed by atoms with van der Waals surface area (Å²) in [5.74, 6) is 1.07. The molecule has 0 amide bonds. The Bertz CT molecular complexity index is 1080.